The highest BCUT2D eigenvalue weighted by Gasteiger charge is 2.22. The summed E-state index contributed by atoms with van der Waals surface area (Å²) < 4.78 is 10.3. The number of aryl methyl sites for hydroxylation is 1. The van der Waals surface area contributed by atoms with Crippen molar-refractivity contribution in [2.45, 2.75) is 12.8 Å². The molecule has 0 saturated heterocycles. The fraction of sp³-hybridized carbons (Fsp3) is 0.167. The van der Waals surface area contributed by atoms with Crippen LogP contribution in [0.15, 0.2) is 59.5 Å². The molecular formula is C18H16N2O3. The van der Waals surface area contributed by atoms with Crippen LogP contribution in [0.1, 0.15) is 17.5 Å². The zero-order valence-electron chi connectivity index (χ0n) is 12.7. The number of pyridine rings is 1. The number of nitrogens with zero attached hydrogens (tertiary/aromatic N) is 2. The second kappa shape index (κ2) is 6.87. The Morgan fingerprint density at radius 2 is 1.83 bits per heavy atom. The number of benzene rings is 1. The van der Waals surface area contributed by atoms with E-state index in [-0.39, 0.29) is 0 Å². The van der Waals surface area contributed by atoms with Crippen LogP contribution in [0.4, 0.5) is 0 Å². The molecule has 5 nitrogen and oxygen atoms in total. The Morgan fingerprint density at radius 1 is 1.09 bits per heavy atom. The van der Waals surface area contributed by atoms with Crippen LogP contribution in [0.25, 0.3) is 6.08 Å². The summed E-state index contributed by atoms with van der Waals surface area (Å²) in [6, 6.07) is 11.4. The van der Waals surface area contributed by atoms with Crippen molar-refractivity contribution >= 4 is 17.9 Å². The van der Waals surface area contributed by atoms with E-state index in [9.17, 15) is 4.79 Å². The van der Waals surface area contributed by atoms with Gasteiger partial charge in [0.15, 0.2) is 11.6 Å². The molecule has 1 aliphatic rings. The lowest BCUT2D eigenvalue weighted by atomic mass is 10.1. The van der Waals surface area contributed by atoms with E-state index in [4.69, 9.17) is 9.47 Å². The van der Waals surface area contributed by atoms with Gasteiger partial charge in [-0.3, -0.25) is 4.98 Å². The molecule has 0 amide bonds. The lowest BCUT2D eigenvalue weighted by Gasteiger charge is -2.03. The largest absolute Gasteiger partial charge is 0.497 e. The predicted molar refractivity (Wildman–Crippen MR) is 87.1 cm³/mol. The molecule has 0 N–H and O–H groups in total. The Balaban J connectivity index is 1.65. The number of methoxy groups -OCH3 is 1. The van der Waals surface area contributed by atoms with Gasteiger partial charge in [0, 0.05) is 18.8 Å². The molecule has 1 aromatic carbocycles. The Morgan fingerprint density at radius 3 is 2.52 bits per heavy atom. The standard InChI is InChI=1S/C18H16N2O3/c1-22-15-5-2-13(3-6-15)4-7-17-20-16(18(21)23-17)12-14-8-10-19-11-9-14/h2-3,5-6,8-12H,4,7H2,1H3/b16-12+. The molecule has 0 spiro atoms. The average molecular weight is 308 g/mol. The molecule has 0 bridgehead atoms. The van der Waals surface area contributed by atoms with E-state index in [1.54, 1.807) is 25.6 Å². The molecule has 0 atom stereocenters. The first-order chi connectivity index (χ1) is 11.2. The van der Waals surface area contributed by atoms with Gasteiger partial charge in [0.05, 0.1) is 7.11 Å². The van der Waals surface area contributed by atoms with Gasteiger partial charge in [-0.25, -0.2) is 9.79 Å². The van der Waals surface area contributed by atoms with Crippen molar-refractivity contribution in [2.75, 3.05) is 7.11 Å². The summed E-state index contributed by atoms with van der Waals surface area (Å²) in [6.07, 6.45) is 6.36. The summed E-state index contributed by atoms with van der Waals surface area (Å²) in [4.78, 5) is 20.1. The molecule has 0 fully saturated rings. The molecule has 2 aromatic rings. The normalized spacial score (nSPS) is 15.4. The maximum Gasteiger partial charge on any atom is 0.363 e. The van der Waals surface area contributed by atoms with Gasteiger partial charge in [0.2, 0.25) is 0 Å². The Bertz CT molecular complexity index is 750. The number of carbonyl (C=O) groups excluding carboxylic acids is 1. The van der Waals surface area contributed by atoms with Crippen molar-refractivity contribution in [1.82, 2.24) is 4.98 Å². The zero-order chi connectivity index (χ0) is 16.1. The number of hydrogen-bond donors (Lipinski definition) is 0. The summed E-state index contributed by atoms with van der Waals surface area (Å²) >= 11 is 0. The number of hydrogen-bond acceptors (Lipinski definition) is 5. The number of carbonyl (C=O) groups is 1. The Kier molecular flexibility index (Phi) is 4.47. The van der Waals surface area contributed by atoms with Crippen LogP contribution in [0, 0.1) is 0 Å². The maximum absolute atomic E-state index is 11.8. The van der Waals surface area contributed by atoms with E-state index in [1.807, 2.05) is 36.4 Å². The number of esters is 1. The summed E-state index contributed by atoms with van der Waals surface area (Å²) in [5.41, 5.74) is 2.32. The number of ether oxygens (including phenoxy) is 2. The fourth-order valence-corrected chi connectivity index (χ4v) is 2.22. The minimum Gasteiger partial charge on any atom is -0.497 e. The quantitative estimate of drug-likeness (QED) is 0.629. The molecule has 5 heteroatoms. The topological polar surface area (TPSA) is 60.8 Å². The van der Waals surface area contributed by atoms with E-state index in [1.165, 1.54) is 0 Å². The van der Waals surface area contributed by atoms with E-state index in [0.29, 0.717) is 18.0 Å². The van der Waals surface area contributed by atoms with Crippen LogP contribution >= 0.6 is 0 Å². The van der Waals surface area contributed by atoms with Gasteiger partial charge in [0.25, 0.3) is 0 Å². The van der Waals surface area contributed by atoms with E-state index >= 15 is 0 Å². The molecule has 0 saturated carbocycles. The van der Waals surface area contributed by atoms with Crippen molar-refractivity contribution in [1.29, 1.82) is 0 Å². The highest BCUT2D eigenvalue weighted by atomic mass is 16.6. The molecule has 23 heavy (non-hydrogen) atoms. The molecule has 0 unspecified atom stereocenters. The molecule has 3 rings (SSSR count). The third-order valence-corrected chi connectivity index (χ3v) is 3.46. The van der Waals surface area contributed by atoms with Crippen LogP contribution < -0.4 is 4.74 Å². The summed E-state index contributed by atoms with van der Waals surface area (Å²) in [5.74, 6) is 0.860. The fourth-order valence-electron chi connectivity index (χ4n) is 2.22. The van der Waals surface area contributed by atoms with Crippen molar-refractivity contribution in [3.8, 4) is 5.75 Å². The number of cyclic esters (lactones) is 1. The molecule has 116 valence electrons. The number of aromatic nitrogens is 1. The smallest absolute Gasteiger partial charge is 0.363 e. The highest BCUT2D eigenvalue weighted by molar-refractivity contribution is 6.07. The summed E-state index contributed by atoms with van der Waals surface area (Å²) in [7, 11) is 1.64. The molecule has 0 radical (unpaired) electrons. The van der Waals surface area contributed by atoms with Crippen LogP contribution in [-0.4, -0.2) is 24.0 Å². The third kappa shape index (κ3) is 3.83. The third-order valence-electron chi connectivity index (χ3n) is 3.46. The summed E-state index contributed by atoms with van der Waals surface area (Å²) in [6.45, 7) is 0. The van der Waals surface area contributed by atoms with Crippen molar-refractivity contribution in [3.63, 3.8) is 0 Å². The SMILES string of the molecule is COc1ccc(CCC2=N/C(=C/c3ccncc3)C(=O)O2)cc1. The molecular weight excluding hydrogens is 292 g/mol. The Labute approximate surface area is 134 Å². The van der Waals surface area contributed by atoms with Crippen LogP contribution in [-0.2, 0) is 16.0 Å². The molecule has 1 aromatic heterocycles. The minimum atomic E-state index is -0.411. The second-order valence-electron chi connectivity index (χ2n) is 5.05. The van der Waals surface area contributed by atoms with Gasteiger partial charge in [-0.05, 0) is 47.9 Å². The van der Waals surface area contributed by atoms with Crippen molar-refractivity contribution in [2.24, 2.45) is 4.99 Å². The van der Waals surface area contributed by atoms with E-state index < -0.39 is 5.97 Å². The van der Waals surface area contributed by atoms with Gasteiger partial charge in [0.1, 0.15) is 5.75 Å². The average Bonchev–Trinajstić information content (AvgIpc) is 2.94. The molecule has 1 aliphatic heterocycles. The maximum atomic E-state index is 11.8. The van der Waals surface area contributed by atoms with Crippen LogP contribution in [0.2, 0.25) is 0 Å². The van der Waals surface area contributed by atoms with Crippen molar-refractivity contribution < 1.29 is 14.3 Å². The summed E-state index contributed by atoms with van der Waals surface area (Å²) in [5, 5.41) is 0. The van der Waals surface area contributed by atoms with Gasteiger partial charge >= 0.3 is 5.97 Å². The number of rotatable bonds is 5. The highest BCUT2D eigenvalue weighted by Crippen LogP contribution is 2.18. The Hall–Kier alpha value is -2.95. The van der Waals surface area contributed by atoms with Gasteiger partial charge < -0.3 is 9.47 Å². The first-order valence-electron chi connectivity index (χ1n) is 7.29. The van der Waals surface area contributed by atoms with Gasteiger partial charge in [-0.1, -0.05) is 12.1 Å². The monoisotopic (exact) mass is 308 g/mol. The van der Waals surface area contributed by atoms with Gasteiger partial charge in [-0.2, -0.15) is 0 Å². The zero-order valence-corrected chi connectivity index (χ0v) is 12.7. The van der Waals surface area contributed by atoms with E-state index in [0.717, 1.165) is 23.3 Å². The van der Waals surface area contributed by atoms with Gasteiger partial charge in [-0.15, -0.1) is 0 Å². The first-order valence-corrected chi connectivity index (χ1v) is 7.29. The van der Waals surface area contributed by atoms with Crippen molar-refractivity contribution in [3.05, 3.63) is 65.6 Å². The lowest BCUT2D eigenvalue weighted by Crippen LogP contribution is -2.05. The molecule has 0 aliphatic carbocycles. The van der Waals surface area contributed by atoms with Crippen LogP contribution in [0.3, 0.4) is 0 Å². The minimum absolute atomic E-state index is 0.320. The molecule has 2 heterocycles. The van der Waals surface area contributed by atoms with Crippen LogP contribution in [0.5, 0.6) is 5.75 Å². The van der Waals surface area contributed by atoms with E-state index in [2.05, 4.69) is 9.98 Å². The number of aliphatic imine (C=N–C) groups is 1. The second-order valence-corrected chi connectivity index (χ2v) is 5.05. The predicted octanol–water partition coefficient (Wildman–Crippen LogP) is 3.02. The first kappa shape index (κ1) is 15.0. The lowest BCUT2D eigenvalue weighted by molar-refractivity contribution is -0.130.